The van der Waals surface area contributed by atoms with Gasteiger partial charge < -0.3 is 9.64 Å². The number of esters is 1. The third-order valence-electron chi connectivity index (χ3n) is 2.64. The highest BCUT2D eigenvalue weighted by Gasteiger charge is 2.20. The number of ether oxygens (including phenoxy) is 1. The molecule has 0 bridgehead atoms. The maximum atomic E-state index is 11.8. The molecule has 0 rings (SSSR count). The lowest BCUT2D eigenvalue weighted by atomic mass is 10.1. The Morgan fingerprint density at radius 2 is 1.76 bits per heavy atom. The van der Waals surface area contributed by atoms with Gasteiger partial charge in [-0.3, -0.25) is 4.79 Å². The van der Waals surface area contributed by atoms with Crippen molar-refractivity contribution in [3.63, 3.8) is 0 Å². The number of hydrogen-bond donors (Lipinski definition) is 0. The zero-order valence-electron chi connectivity index (χ0n) is 11.7. The SMILES string of the molecule is CCOC(=O)/C(CC)=C(/C)N(C)C(=O)C(C)C. The number of carbonyl (C=O) groups is 2. The van der Waals surface area contributed by atoms with E-state index in [9.17, 15) is 9.59 Å². The van der Waals surface area contributed by atoms with Crippen LogP contribution < -0.4 is 0 Å². The Hall–Kier alpha value is -1.32. The number of carbonyl (C=O) groups excluding carboxylic acids is 2. The molecule has 0 radical (unpaired) electrons. The average Bonchev–Trinajstić information content (AvgIpc) is 2.28. The van der Waals surface area contributed by atoms with E-state index in [1.807, 2.05) is 20.8 Å². The van der Waals surface area contributed by atoms with Crippen LogP contribution in [-0.2, 0) is 14.3 Å². The van der Waals surface area contributed by atoms with E-state index in [1.165, 1.54) is 4.90 Å². The van der Waals surface area contributed by atoms with Crippen LogP contribution in [0.15, 0.2) is 11.3 Å². The maximum Gasteiger partial charge on any atom is 0.335 e. The molecule has 0 aliphatic heterocycles. The summed E-state index contributed by atoms with van der Waals surface area (Å²) in [6, 6.07) is 0. The van der Waals surface area contributed by atoms with Gasteiger partial charge in [-0.25, -0.2) is 4.79 Å². The van der Waals surface area contributed by atoms with Crippen molar-refractivity contribution < 1.29 is 14.3 Å². The van der Waals surface area contributed by atoms with E-state index in [1.54, 1.807) is 20.9 Å². The third-order valence-corrected chi connectivity index (χ3v) is 2.64. The van der Waals surface area contributed by atoms with Crippen LogP contribution in [0.5, 0.6) is 0 Å². The molecule has 1 amide bonds. The van der Waals surface area contributed by atoms with Crippen molar-refractivity contribution in [1.29, 1.82) is 0 Å². The minimum atomic E-state index is -0.337. The molecule has 0 unspecified atom stereocenters. The van der Waals surface area contributed by atoms with Crippen LogP contribution in [0.3, 0.4) is 0 Å². The van der Waals surface area contributed by atoms with Crippen molar-refractivity contribution in [2.75, 3.05) is 13.7 Å². The van der Waals surface area contributed by atoms with Crippen molar-refractivity contribution in [2.45, 2.75) is 41.0 Å². The number of nitrogens with zero attached hydrogens (tertiary/aromatic N) is 1. The molecule has 17 heavy (non-hydrogen) atoms. The van der Waals surface area contributed by atoms with Crippen molar-refractivity contribution in [3.05, 3.63) is 11.3 Å². The lowest BCUT2D eigenvalue weighted by molar-refractivity contribution is -0.138. The van der Waals surface area contributed by atoms with Crippen molar-refractivity contribution in [3.8, 4) is 0 Å². The standard InChI is InChI=1S/C13H23NO3/c1-7-11(13(16)17-8-2)10(5)14(6)12(15)9(3)4/h9H,7-8H2,1-6H3/b11-10-. The van der Waals surface area contributed by atoms with Gasteiger partial charge in [0.1, 0.15) is 0 Å². The van der Waals surface area contributed by atoms with E-state index >= 15 is 0 Å². The lowest BCUT2D eigenvalue weighted by Gasteiger charge is -2.22. The zero-order valence-corrected chi connectivity index (χ0v) is 11.7. The van der Waals surface area contributed by atoms with Crippen molar-refractivity contribution in [2.24, 2.45) is 5.92 Å². The van der Waals surface area contributed by atoms with Crippen LogP contribution in [0, 0.1) is 5.92 Å². The third kappa shape index (κ3) is 4.21. The first-order valence-electron chi connectivity index (χ1n) is 6.01. The summed E-state index contributed by atoms with van der Waals surface area (Å²) in [5, 5.41) is 0. The smallest absolute Gasteiger partial charge is 0.335 e. The monoisotopic (exact) mass is 241 g/mol. The van der Waals surface area contributed by atoms with Crippen LogP contribution in [0.25, 0.3) is 0 Å². The molecule has 0 N–H and O–H groups in total. The normalized spacial score (nSPS) is 12.2. The number of rotatable bonds is 5. The number of allylic oxidation sites excluding steroid dienone is 1. The van der Waals surface area contributed by atoms with Crippen molar-refractivity contribution in [1.82, 2.24) is 4.90 Å². The molecular formula is C13H23NO3. The Morgan fingerprint density at radius 1 is 1.24 bits per heavy atom. The second-order valence-corrected chi connectivity index (χ2v) is 4.19. The van der Waals surface area contributed by atoms with Gasteiger partial charge >= 0.3 is 5.97 Å². The first-order chi connectivity index (χ1) is 7.86. The second kappa shape index (κ2) is 7.09. The van der Waals surface area contributed by atoms with E-state index in [0.717, 1.165) is 0 Å². The van der Waals surface area contributed by atoms with Gasteiger partial charge in [-0.05, 0) is 20.3 Å². The largest absolute Gasteiger partial charge is 0.463 e. The van der Waals surface area contributed by atoms with Crippen LogP contribution in [-0.4, -0.2) is 30.4 Å². The quantitative estimate of drug-likeness (QED) is 0.548. The maximum absolute atomic E-state index is 11.8. The highest BCUT2D eigenvalue weighted by atomic mass is 16.5. The highest BCUT2D eigenvalue weighted by Crippen LogP contribution is 2.15. The van der Waals surface area contributed by atoms with Gasteiger partial charge in [-0.2, -0.15) is 0 Å². The second-order valence-electron chi connectivity index (χ2n) is 4.19. The summed E-state index contributed by atoms with van der Waals surface area (Å²) in [6.07, 6.45) is 0.556. The fourth-order valence-electron chi connectivity index (χ4n) is 1.52. The molecule has 0 fully saturated rings. The first kappa shape index (κ1) is 15.7. The first-order valence-corrected chi connectivity index (χ1v) is 6.01. The van der Waals surface area contributed by atoms with Gasteiger partial charge in [0.2, 0.25) is 5.91 Å². The number of hydrogen-bond acceptors (Lipinski definition) is 3. The van der Waals surface area contributed by atoms with Crippen LogP contribution in [0.2, 0.25) is 0 Å². The molecule has 0 aliphatic rings. The summed E-state index contributed by atoms with van der Waals surface area (Å²) in [4.78, 5) is 25.0. The van der Waals surface area contributed by atoms with E-state index in [-0.39, 0.29) is 17.8 Å². The summed E-state index contributed by atoms with van der Waals surface area (Å²) in [6.45, 7) is 9.44. The fraction of sp³-hybridized carbons (Fsp3) is 0.692. The summed E-state index contributed by atoms with van der Waals surface area (Å²) < 4.78 is 4.97. The van der Waals surface area contributed by atoms with E-state index in [0.29, 0.717) is 24.3 Å². The zero-order chi connectivity index (χ0) is 13.6. The van der Waals surface area contributed by atoms with Crippen LogP contribution >= 0.6 is 0 Å². The summed E-state index contributed by atoms with van der Waals surface area (Å²) in [7, 11) is 1.69. The molecular weight excluding hydrogens is 218 g/mol. The molecule has 98 valence electrons. The Morgan fingerprint density at radius 3 is 2.12 bits per heavy atom. The Bertz CT molecular complexity index is 319. The number of amides is 1. The average molecular weight is 241 g/mol. The molecule has 0 atom stereocenters. The minimum absolute atomic E-state index is 0.00208. The predicted molar refractivity (Wildman–Crippen MR) is 67.2 cm³/mol. The van der Waals surface area contributed by atoms with Gasteiger partial charge in [0, 0.05) is 18.7 Å². The molecule has 0 saturated carbocycles. The van der Waals surface area contributed by atoms with Crippen molar-refractivity contribution >= 4 is 11.9 Å². The molecule has 0 aliphatic carbocycles. The van der Waals surface area contributed by atoms with Crippen LogP contribution in [0.1, 0.15) is 41.0 Å². The van der Waals surface area contributed by atoms with E-state index < -0.39 is 0 Å². The summed E-state index contributed by atoms with van der Waals surface area (Å²) >= 11 is 0. The summed E-state index contributed by atoms with van der Waals surface area (Å²) in [5.41, 5.74) is 1.23. The molecule has 4 nitrogen and oxygen atoms in total. The summed E-state index contributed by atoms with van der Waals surface area (Å²) in [5.74, 6) is -0.427. The Labute approximate surface area is 104 Å². The molecule has 0 aromatic heterocycles. The molecule has 0 spiro atoms. The predicted octanol–water partition coefficient (Wildman–Crippen LogP) is 2.35. The van der Waals surface area contributed by atoms with E-state index in [4.69, 9.17) is 4.74 Å². The molecule has 4 heteroatoms. The van der Waals surface area contributed by atoms with Crippen LogP contribution in [0.4, 0.5) is 0 Å². The Kier molecular flexibility index (Phi) is 6.54. The Balaban J connectivity index is 5.09. The topological polar surface area (TPSA) is 46.6 Å². The van der Waals surface area contributed by atoms with Gasteiger partial charge in [-0.15, -0.1) is 0 Å². The lowest BCUT2D eigenvalue weighted by Crippen LogP contribution is -2.30. The molecule has 0 aromatic carbocycles. The highest BCUT2D eigenvalue weighted by molar-refractivity contribution is 5.90. The molecule has 0 aromatic rings. The molecule has 0 saturated heterocycles. The fourth-order valence-corrected chi connectivity index (χ4v) is 1.52. The van der Waals surface area contributed by atoms with Gasteiger partial charge in [0.15, 0.2) is 0 Å². The molecule has 0 heterocycles. The van der Waals surface area contributed by atoms with E-state index in [2.05, 4.69) is 0 Å². The van der Waals surface area contributed by atoms with Gasteiger partial charge in [-0.1, -0.05) is 20.8 Å². The minimum Gasteiger partial charge on any atom is -0.463 e. The van der Waals surface area contributed by atoms with Gasteiger partial charge in [0.25, 0.3) is 0 Å². The van der Waals surface area contributed by atoms with Gasteiger partial charge in [0.05, 0.1) is 12.2 Å².